The van der Waals surface area contributed by atoms with Crippen LogP contribution in [0.4, 0.5) is 5.69 Å². The minimum Gasteiger partial charge on any atom is -0.329 e. The van der Waals surface area contributed by atoms with Crippen LogP contribution in [0.15, 0.2) is 23.1 Å². The van der Waals surface area contributed by atoms with Gasteiger partial charge in [-0.25, -0.2) is 13.1 Å². The van der Waals surface area contributed by atoms with Gasteiger partial charge in [0, 0.05) is 5.69 Å². The van der Waals surface area contributed by atoms with E-state index in [9.17, 15) is 18.0 Å². The summed E-state index contributed by atoms with van der Waals surface area (Å²) < 4.78 is 24.5. The first-order valence-electron chi connectivity index (χ1n) is 3.96. The average molecular weight is 226 g/mol. The average Bonchev–Trinajstić information content (AvgIpc) is 2.38. The molecule has 0 saturated carbocycles. The molecule has 0 saturated heterocycles. The van der Waals surface area contributed by atoms with Gasteiger partial charge in [0.1, 0.15) is 4.90 Å². The predicted molar refractivity (Wildman–Crippen MR) is 50.8 cm³/mol. The lowest BCUT2D eigenvalue weighted by molar-refractivity contribution is -0.105. The summed E-state index contributed by atoms with van der Waals surface area (Å²) in [5.74, 6) is -0.681. The molecule has 0 radical (unpaired) electrons. The molecule has 1 aliphatic heterocycles. The van der Waals surface area contributed by atoms with Crippen LogP contribution in [0.2, 0.25) is 0 Å². The molecule has 6 nitrogen and oxygen atoms in total. The molecule has 2 rings (SSSR count). The summed E-state index contributed by atoms with van der Waals surface area (Å²) in [6, 6.07) is 3.99. The first-order valence-corrected chi connectivity index (χ1v) is 5.44. The fraction of sp³-hybridized carbons (Fsp3) is 0. The Morgan fingerprint density at radius 1 is 1.33 bits per heavy atom. The van der Waals surface area contributed by atoms with Crippen LogP contribution in [0, 0.1) is 0 Å². The van der Waals surface area contributed by atoms with E-state index in [1.165, 1.54) is 18.2 Å². The van der Waals surface area contributed by atoms with E-state index >= 15 is 0 Å². The number of carbonyl (C=O) groups is 2. The standard InChI is InChI=1S/C8H6N2O4S/c11-4-9-5-1-2-7-6(3-5)8(12)10-15(7,13)14/h1-4H,(H,9,11)(H,10,12). The Morgan fingerprint density at radius 3 is 2.73 bits per heavy atom. The third-order valence-electron chi connectivity index (χ3n) is 1.97. The summed E-state index contributed by atoms with van der Waals surface area (Å²) in [6.45, 7) is 0. The van der Waals surface area contributed by atoms with E-state index in [-0.39, 0.29) is 10.5 Å². The summed E-state index contributed by atoms with van der Waals surface area (Å²) in [7, 11) is -3.70. The highest BCUT2D eigenvalue weighted by atomic mass is 32.2. The van der Waals surface area contributed by atoms with Gasteiger partial charge in [-0.1, -0.05) is 0 Å². The van der Waals surface area contributed by atoms with Crippen LogP contribution in [-0.2, 0) is 14.8 Å². The van der Waals surface area contributed by atoms with Crippen molar-refractivity contribution in [2.45, 2.75) is 4.90 Å². The van der Waals surface area contributed by atoms with Gasteiger partial charge in [0.05, 0.1) is 5.56 Å². The topological polar surface area (TPSA) is 92.3 Å². The summed E-state index contributed by atoms with van der Waals surface area (Å²) in [5, 5.41) is 2.33. The fourth-order valence-corrected chi connectivity index (χ4v) is 2.48. The summed E-state index contributed by atoms with van der Waals surface area (Å²) >= 11 is 0. The van der Waals surface area contributed by atoms with Crippen molar-refractivity contribution in [1.29, 1.82) is 0 Å². The van der Waals surface area contributed by atoms with Crippen LogP contribution < -0.4 is 10.0 Å². The highest BCUT2D eigenvalue weighted by molar-refractivity contribution is 7.90. The fourth-order valence-electron chi connectivity index (χ4n) is 1.33. The number of carbonyl (C=O) groups excluding carboxylic acids is 2. The van der Waals surface area contributed by atoms with E-state index in [4.69, 9.17) is 0 Å². The number of fused-ring (bicyclic) bond motifs is 1. The van der Waals surface area contributed by atoms with Gasteiger partial charge < -0.3 is 5.32 Å². The monoisotopic (exact) mass is 226 g/mol. The van der Waals surface area contributed by atoms with E-state index in [1.54, 1.807) is 0 Å². The summed E-state index contributed by atoms with van der Waals surface area (Å²) in [4.78, 5) is 21.3. The third-order valence-corrected chi connectivity index (χ3v) is 3.36. The number of rotatable bonds is 2. The molecule has 2 amide bonds. The van der Waals surface area contributed by atoms with E-state index in [2.05, 4.69) is 5.32 Å². The second-order valence-electron chi connectivity index (χ2n) is 2.91. The van der Waals surface area contributed by atoms with Gasteiger partial charge in [-0.05, 0) is 18.2 Å². The number of benzene rings is 1. The zero-order valence-electron chi connectivity index (χ0n) is 7.35. The molecule has 0 aromatic heterocycles. The number of sulfonamides is 1. The molecule has 0 aliphatic carbocycles. The molecule has 0 unspecified atom stereocenters. The van der Waals surface area contributed by atoms with Gasteiger partial charge in [0.15, 0.2) is 0 Å². The lowest BCUT2D eigenvalue weighted by Crippen LogP contribution is -2.20. The van der Waals surface area contributed by atoms with Crippen LogP contribution in [0.1, 0.15) is 10.4 Å². The Kier molecular flexibility index (Phi) is 1.97. The Morgan fingerprint density at radius 2 is 2.07 bits per heavy atom. The van der Waals surface area contributed by atoms with Crippen molar-refractivity contribution >= 4 is 28.0 Å². The number of hydrogen-bond donors (Lipinski definition) is 2. The summed E-state index contributed by atoms with van der Waals surface area (Å²) in [6.07, 6.45) is 0.448. The lowest BCUT2D eigenvalue weighted by Gasteiger charge is -1.99. The number of nitrogens with one attached hydrogen (secondary N) is 2. The first-order chi connectivity index (χ1) is 7.04. The number of hydrogen-bond acceptors (Lipinski definition) is 4. The van der Waals surface area contributed by atoms with Crippen LogP contribution in [0.25, 0.3) is 0 Å². The molecular weight excluding hydrogens is 220 g/mol. The van der Waals surface area contributed by atoms with Gasteiger partial charge in [-0.3, -0.25) is 9.59 Å². The summed E-state index contributed by atoms with van der Waals surface area (Å²) in [5.41, 5.74) is 0.415. The van der Waals surface area contributed by atoms with Crippen LogP contribution in [-0.4, -0.2) is 20.7 Å². The molecule has 2 N–H and O–H groups in total. The van der Waals surface area contributed by atoms with Crippen LogP contribution in [0.3, 0.4) is 0 Å². The molecule has 0 bridgehead atoms. The highest BCUT2D eigenvalue weighted by Crippen LogP contribution is 2.24. The van der Waals surface area contributed by atoms with Crippen molar-refractivity contribution in [1.82, 2.24) is 4.72 Å². The largest absolute Gasteiger partial charge is 0.329 e. The van der Waals surface area contributed by atoms with Gasteiger partial charge >= 0.3 is 0 Å². The van der Waals surface area contributed by atoms with Crippen molar-refractivity contribution in [3.63, 3.8) is 0 Å². The molecule has 0 spiro atoms. The Hall–Kier alpha value is -1.89. The molecule has 1 aromatic rings. The molecular formula is C8H6N2O4S. The Labute approximate surface area is 85.3 Å². The van der Waals surface area contributed by atoms with Gasteiger partial charge in [0.2, 0.25) is 6.41 Å². The van der Waals surface area contributed by atoms with Crippen LogP contribution >= 0.6 is 0 Å². The minimum absolute atomic E-state index is 0.0434. The molecule has 7 heteroatoms. The van der Waals surface area contributed by atoms with E-state index in [0.29, 0.717) is 12.1 Å². The second kappa shape index (κ2) is 3.06. The Bertz CT molecular complexity index is 550. The molecule has 1 aromatic carbocycles. The normalized spacial score (nSPS) is 16.7. The van der Waals surface area contributed by atoms with E-state index < -0.39 is 15.9 Å². The first kappa shape index (κ1) is 9.66. The highest BCUT2D eigenvalue weighted by Gasteiger charge is 2.32. The van der Waals surface area contributed by atoms with Gasteiger partial charge in [-0.2, -0.15) is 0 Å². The molecule has 1 heterocycles. The zero-order chi connectivity index (χ0) is 11.1. The lowest BCUT2D eigenvalue weighted by atomic mass is 10.2. The quantitative estimate of drug-likeness (QED) is 0.676. The maximum absolute atomic E-state index is 11.3. The van der Waals surface area contributed by atoms with Crippen molar-refractivity contribution < 1.29 is 18.0 Å². The Balaban J connectivity index is 2.60. The van der Waals surface area contributed by atoms with Crippen molar-refractivity contribution in [2.24, 2.45) is 0 Å². The van der Waals surface area contributed by atoms with Crippen molar-refractivity contribution in [3.05, 3.63) is 23.8 Å². The molecule has 78 valence electrons. The SMILES string of the molecule is O=CNc1ccc2c(c1)C(=O)NS2(=O)=O. The van der Waals surface area contributed by atoms with Gasteiger partial charge in [0.25, 0.3) is 15.9 Å². The zero-order valence-corrected chi connectivity index (χ0v) is 8.17. The third kappa shape index (κ3) is 1.46. The number of anilines is 1. The number of amides is 2. The second-order valence-corrected chi connectivity index (χ2v) is 4.56. The van der Waals surface area contributed by atoms with Gasteiger partial charge in [-0.15, -0.1) is 0 Å². The molecule has 0 atom stereocenters. The molecule has 1 aliphatic rings. The molecule has 0 fully saturated rings. The van der Waals surface area contributed by atoms with E-state index in [1.807, 2.05) is 4.72 Å². The minimum atomic E-state index is -3.70. The van der Waals surface area contributed by atoms with E-state index in [0.717, 1.165) is 0 Å². The molecule has 15 heavy (non-hydrogen) atoms. The van der Waals surface area contributed by atoms with Crippen LogP contribution in [0.5, 0.6) is 0 Å². The maximum atomic E-state index is 11.3. The predicted octanol–water partition coefficient (Wildman–Crippen LogP) is -0.313. The smallest absolute Gasteiger partial charge is 0.266 e. The maximum Gasteiger partial charge on any atom is 0.266 e. The van der Waals surface area contributed by atoms with Crippen molar-refractivity contribution in [2.75, 3.05) is 5.32 Å². The van der Waals surface area contributed by atoms with Crippen molar-refractivity contribution in [3.8, 4) is 0 Å².